The summed E-state index contributed by atoms with van der Waals surface area (Å²) in [5.74, 6) is 0.628. The number of piperidine rings is 1. The van der Waals surface area contributed by atoms with Crippen LogP contribution in [0.1, 0.15) is 24.0 Å². The first-order valence-corrected chi connectivity index (χ1v) is 12.7. The maximum atomic E-state index is 12.9. The second kappa shape index (κ2) is 8.42. The van der Waals surface area contributed by atoms with Crippen LogP contribution in [0.2, 0.25) is 0 Å². The molecule has 3 fully saturated rings. The Labute approximate surface area is 180 Å². The topological polar surface area (TPSA) is 43.9 Å². The van der Waals surface area contributed by atoms with Crippen molar-refractivity contribution in [3.8, 4) is 0 Å². The second-order valence-corrected chi connectivity index (χ2v) is 11.0. The Morgan fingerprint density at radius 2 is 1.43 bits per heavy atom. The van der Waals surface area contributed by atoms with E-state index in [4.69, 9.17) is 0 Å². The SMILES string of the molecule is O=S(=O)(Cc1ccccc1)N1CC2CN(C3CCN(Cc4ccccc4)CC3)C2C1. The van der Waals surface area contributed by atoms with Gasteiger partial charge in [-0.25, -0.2) is 8.42 Å². The number of hydrogen-bond donors (Lipinski definition) is 0. The van der Waals surface area contributed by atoms with Gasteiger partial charge in [-0.1, -0.05) is 60.7 Å². The third-order valence-corrected chi connectivity index (χ3v) is 8.89. The molecule has 2 atom stereocenters. The van der Waals surface area contributed by atoms with Crippen molar-refractivity contribution >= 4 is 10.0 Å². The summed E-state index contributed by atoms with van der Waals surface area (Å²) in [6.07, 6.45) is 2.37. The molecular formula is C24H31N3O2S. The lowest BCUT2D eigenvalue weighted by atomic mass is 9.87. The number of likely N-dealkylation sites (tertiary alicyclic amines) is 2. The lowest BCUT2D eigenvalue weighted by molar-refractivity contribution is -0.0177. The van der Waals surface area contributed by atoms with Gasteiger partial charge in [-0.15, -0.1) is 0 Å². The van der Waals surface area contributed by atoms with Gasteiger partial charge < -0.3 is 0 Å². The van der Waals surface area contributed by atoms with E-state index in [1.807, 2.05) is 30.3 Å². The average Bonchev–Trinajstić information content (AvgIpc) is 3.08. The van der Waals surface area contributed by atoms with E-state index in [0.29, 0.717) is 31.1 Å². The van der Waals surface area contributed by atoms with Crippen molar-refractivity contribution in [3.63, 3.8) is 0 Å². The van der Waals surface area contributed by atoms with E-state index in [0.717, 1.165) is 31.7 Å². The Morgan fingerprint density at radius 3 is 2.10 bits per heavy atom. The molecule has 3 saturated heterocycles. The quantitative estimate of drug-likeness (QED) is 0.714. The molecule has 0 saturated carbocycles. The summed E-state index contributed by atoms with van der Waals surface area (Å²) >= 11 is 0. The molecule has 0 aliphatic carbocycles. The van der Waals surface area contributed by atoms with Gasteiger partial charge in [0.1, 0.15) is 0 Å². The van der Waals surface area contributed by atoms with Gasteiger partial charge in [-0.3, -0.25) is 9.80 Å². The highest BCUT2D eigenvalue weighted by molar-refractivity contribution is 7.88. The normalized spacial score (nSPS) is 26.4. The summed E-state index contributed by atoms with van der Waals surface area (Å²) in [5, 5.41) is 0. The summed E-state index contributed by atoms with van der Waals surface area (Å²) in [6, 6.07) is 21.3. The molecule has 2 aromatic carbocycles. The van der Waals surface area contributed by atoms with E-state index >= 15 is 0 Å². The highest BCUT2D eigenvalue weighted by Crippen LogP contribution is 2.38. The molecule has 0 radical (unpaired) electrons. The predicted molar refractivity (Wildman–Crippen MR) is 119 cm³/mol. The van der Waals surface area contributed by atoms with E-state index in [1.54, 1.807) is 4.31 Å². The summed E-state index contributed by atoms with van der Waals surface area (Å²) in [5.41, 5.74) is 2.26. The molecule has 30 heavy (non-hydrogen) atoms. The van der Waals surface area contributed by atoms with Crippen molar-refractivity contribution in [2.75, 3.05) is 32.7 Å². The van der Waals surface area contributed by atoms with Gasteiger partial charge in [-0.2, -0.15) is 4.31 Å². The molecule has 0 spiro atoms. The minimum absolute atomic E-state index is 0.116. The zero-order chi connectivity index (χ0) is 20.6. The van der Waals surface area contributed by atoms with Crippen molar-refractivity contribution in [1.82, 2.24) is 14.1 Å². The van der Waals surface area contributed by atoms with Crippen LogP contribution in [0.15, 0.2) is 60.7 Å². The van der Waals surface area contributed by atoms with Crippen LogP contribution in [0.3, 0.4) is 0 Å². The number of rotatable bonds is 6. The van der Waals surface area contributed by atoms with Crippen LogP contribution < -0.4 is 0 Å². The van der Waals surface area contributed by atoms with Gasteiger partial charge >= 0.3 is 0 Å². The number of sulfonamides is 1. The van der Waals surface area contributed by atoms with E-state index in [2.05, 4.69) is 40.1 Å². The summed E-state index contributed by atoms with van der Waals surface area (Å²) in [6.45, 7) is 5.72. The van der Waals surface area contributed by atoms with Gasteiger partial charge in [0.05, 0.1) is 5.75 Å². The van der Waals surface area contributed by atoms with Crippen LogP contribution in [-0.2, 0) is 22.3 Å². The second-order valence-electron chi connectivity index (χ2n) is 9.08. The Bertz CT molecular complexity index is 943. The first kappa shape index (κ1) is 20.2. The van der Waals surface area contributed by atoms with Crippen LogP contribution in [0.4, 0.5) is 0 Å². The summed E-state index contributed by atoms with van der Waals surface area (Å²) in [7, 11) is -3.24. The fourth-order valence-corrected chi connectivity index (χ4v) is 7.01. The summed E-state index contributed by atoms with van der Waals surface area (Å²) in [4.78, 5) is 5.15. The van der Waals surface area contributed by atoms with Crippen LogP contribution in [0.25, 0.3) is 0 Å². The molecule has 5 rings (SSSR count). The smallest absolute Gasteiger partial charge is 0.218 e. The molecule has 0 aromatic heterocycles. The Morgan fingerprint density at radius 1 is 0.800 bits per heavy atom. The molecule has 3 aliphatic rings. The Kier molecular flexibility index (Phi) is 5.67. The fourth-order valence-electron chi connectivity index (χ4n) is 5.41. The highest BCUT2D eigenvalue weighted by atomic mass is 32.2. The van der Waals surface area contributed by atoms with Crippen molar-refractivity contribution < 1.29 is 8.42 Å². The Hall–Kier alpha value is -1.73. The minimum atomic E-state index is -3.24. The lowest BCUT2D eigenvalue weighted by Gasteiger charge is -2.50. The molecular weight excluding hydrogens is 394 g/mol. The van der Waals surface area contributed by atoms with Gasteiger partial charge in [0.2, 0.25) is 10.0 Å². The molecule has 3 heterocycles. The highest BCUT2D eigenvalue weighted by Gasteiger charge is 2.50. The van der Waals surface area contributed by atoms with Crippen molar-refractivity contribution in [1.29, 1.82) is 0 Å². The van der Waals surface area contributed by atoms with Crippen LogP contribution in [0.5, 0.6) is 0 Å². The first-order chi connectivity index (χ1) is 14.6. The van der Waals surface area contributed by atoms with Gasteiger partial charge in [0, 0.05) is 44.2 Å². The van der Waals surface area contributed by atoms with Crippen LogP contribution >= 0.6 is 0 Å². The molecule has 0 N–H and O–H groups in total. The Balaban J connectivity index is 1.14. The summed E-state index contributed by atoms with van der Waals surface area (Å²) < 4.78 is 27.6. The van der Waals surface area contributed by atoms with E-state index in [-0.39, 0.29) is 5.75 Å². The third-order valence-electron chi connectivity index (χ3n) is 7.10. The van der Waals surface area contributed by atoms with Crippen LogP contribution in [0, 0.1) is 5.92 Å². The van der Waals surface area contributed by atoms with Crippen molar-refractivity contribution in [2.24, 2.45) is 5.92 Å². The molecule has 0 bridgehead atoms. The van der Waals surface area contributed by atoms with Crippen LogP contribution in [-0.4, -0.2) is 67.3 Å². The fraction of sp³-hybridized carbons (Fsp3) is 0.500. The number of nitrogens with zero attached hydrogens (tertiary/aromatic N) is 3. The largest absolute Gasteiger partial charge is 0.299 e. The van der Waals surface area contributed by atoms with E-state index < -0.39 is 10.0 Å². The predicted octanol–water partition coefficient (Wildman–Crippen LogP) is 2.80. The van der Waals surface area contributed by atoms with Gasteiger partial charge in [-0.05, 0) is 37.1 Å². The zero-order valence-corrected chi connectivity index (χ0v) is 18.3. The average molecular weight is 426 g/mol. The monoisotopic (exact) mass is 425 g/mol. The van der Waals surface area contributed by atoms with Crippen molar-refractivity contribution in [3.05, 3.63) is 71.8 Å². The van der Waals surface area contributed by atoms with E-state index in [1.165, 1.54) is 18.4 Å². The molecule has 2 aromatic rings. The molecule has 2 unspecified atom stereocenters. The van der Waals surface area contributed by atoms with Crippen molar-refractivity contribution in [2.45, 2.75) is 37.2 Å². The first-order valence-electron chi connectivity index (χ1n) is 11.1. The number of hydrogen-bond acceptors (Lipinski definition) is 4. The molecule has 3 aliphatic heterocycles. The van der Waals surface area contributed by atoms with Gasteiger partial charge in [0.15, 0.2) is 0 Å². The molecule has 160 valence electrons. The van der Waals surface area contributed by atoms with E-state index in [9.17, 15) is 8.42 Å². The zero-order valence-electron chi connectivity index (χ0n) is 17.4. The molecule has 0 amide bonds. The third kappa shape index (κ3) is 4.19. The molecule has 5 nitrogen and oxygen atoms in total. The van der Waals surface area contributed by atoms with Gasteiger partial charge in [0.25, 0.3) is 0 Å². The maximum absolute atomic E-state index is 12.9. The number of fused-ring (bicyclic) bond motifs is 1. The molecule has 6 heteroatoms. The number of benzene rings is 2. The lowest BCUT2D eigenvalue weighted by Crippen LogP contribution is -2.61. The maximum Gasteiger partial charge on any atom is 0.218 e. The minimum Gasteiger partial charge on any atom is -0.299 e. The standard InChI is InChI=1S/C24H31N3O2S/c28-30(29,19-21-9-5-2-6-10-21)26-16-22-17-27(24(22)18-26)23-11-13-25(14-12-23)15-20-7-3-1-4-8-20/h1-10,22-24H,11-19H2.